The molecule has 0 unspecified atom stereocenters. The van der Waals surface area contributed by atoms with Gasteiger partial charge in [-0.3, -0.25) is 19.0 Å². The van der Waals surface area contributed by atoms with Crippen LogP contribution in [0.25, 0.3) is 10.9 Å². The lowest BCUT2D eigenvalue weighted by atomic mass is 9.96. The molecule has 0 aliphatic carbocycles. The third-order valence-corrected chi connectivity index (χ3v) is 6.64. The van der Waals surface area contributed by atoms with E-state index in [1.165, 1.54) is 12.8 Å². The van der Waals surface area contributed by atoms with Gasteiger partial charge >= 0.3 is 0 Å². The van der Waals surface area contributed by atoms with Gasteiger partial charge in [-0.1, -0.05) is 25.0 Å². The van der Waals surface area contributed by atoms with Crippen molar-refractivity contribution >= 4 is 22.7 Å². The van der Waals surface area contributed by atoms with Crippen molar-refractivity contribution in [3.8, 4) is 0 Å². The van der Waals surface area contributed by atoms with Gasteiger partial charge in [0.2, 0.25) is 11.8 Å². The highest BCUT2D eigenvalue weighted by molar-refractivity contribution is 5.81. The molecule has 0 spiro atoms. The quantitative estimate of drug-likeness (QED) is 0.756. The van der Waals surface area contributed by atoms with Crippen LogP contribution in [0, 0.1) is 12.8 Å². The Balaban J connectivity index is 1.39. The highest BCUT2D eigenvalue weighted by Crippen LogP contribution is 2.22. The number of aryl methyl sites for hydroxylation is 1. The summed E-state index contributed by atoms with van der Waals surface area (Å²) in [5.74, 6) is 0.741. The number of rotatable bonds is 4. The second kappa shape index (κ2) is 9.62. The number of carbonyl (C=O) groups is 2. The Hall–Kier alpha value is -2.70. The number of nitrogens with zero attached hydrogens (tertiary/aromatic N) is 4. The van der Waals surface area contributed by atoms with Crippen molar-refractivity contribution in [2.75, 3.05) is 26.2 Å². The molecule has 2 saturated heterocycles. The number of aromatic nitrogens is 2. The number of carbonyl (C=O) groups excluding carboxylic acids is 2. The van der Waals surface area contributed by atoms with Crippen LogP contribution in [0.4, 0.5) is 0 Å². The van der Waals surface area contributed by atoms with Crippen molar-refractivity contribution in [1.82, 2.24) is 19.4 Å². The van der Waals surface area contributed by atoms with Crippen LogP contribution in [0.15, 0.2) is 29.1 Å². The monoisotopic (exact) mass is 424 g/mol. The van der Waals surface area contributed by atoms with E-state index in [2.05, 4.69) is 4.98 Å². The minimum atomic E-state index is -0.108. The molecular formula is C24H32N4O3. The summed E-state index contributed by atoms with van der Waals surface area (Å²) in [4.78, 5) is 47.1. The Morgan fingerprint density at radius 3 is 2.48 bits per heavy atom. The van der Waals surface area contributed by atoms with E-state index in [1.807, 2.05) is 28.0 Å². The zero-order valence-corrected chi connectivity index (χ0v) is 18.4. The largest absolute Gasteiger partial charge is 0.342 e. The Morgan fingerprint density at radius 1 is 1.00 bits per heavy atom. The van der Waals surface area contributed by atoms with Crippen LogP contribution in [0.2, 0.25) is 0 Å². The second-order valence-electron chi connectivity index (χ2n) is 8.80. The number of piperidine rings is 1. The van der Waals surface area contributed by atoms with Crippen LogP contribution < -0.4 is 5.56 Å². The summed E-state index contributed by atoms with van der Waals surface area (Å²) in [5.41, 5.74) is 0.572. The number of benzene rings is 1. The van der Waals surface area contributed by atoms with Gasteiger partial charge in [0.05, 0.1) is 16.8 Å². The molecule has 1 aromatic heterocycles. The fourth-order valence-corrected chi connectivity index (χ4v) is 4.86. The first kappa shape index (κ1) is 21.5. The van der Waals surface area contributed by atoms with E-state index in [0.717, 1.165) is 38.8 Å². The normalized spacial score (nSPS) is 20.0. The molecule has 1 aromatic carbocycles. The van der Waals surface area contributed by atoms with Gasteiger partial charge in [0.25, 0.3) is 5.56 Å². The molecule has 0 bridgehead atoms. The lowest BCUT2D eigenvalue weighted by Gasteiger charge is -2.35. The van der Waals surface area contributed by atoms with Gasteiger partial charge in [0, 0.05) is 39.1 Å². The molecule has 0 saturated carbocycles. The molecule has 166 valence electrons. The molecule has 7 nitrogen and oxygen atoms in total. The first-order valence-corrected chi connectivity index (χ1v) is 11.6. The Bertz CT molecular complexity index is 1010. The highest BCUT2D eigenvalue weighted by Gasteiger charge is 2.31. The summed E-state index contributed by atoms with van der Waals surface area (Å²) in [6.45, 7) is 4.99. The number of para-hydroxylation sites is 1. The van der Waals surface area contributed by atoms with Crippen LogP contribution in [0.5, 0.6) is 0 Å². The van der Waals surface area contributed by atoms with Gasteiger partial charge in [-0.05, 0) is 44.7 Å². The molecule has 2 fully saturated rings. The van der Waals surface area contributed by atoms with Crippen molar-refractivity contribution in [2.24, 2.45) is 5.92 Å². The maximum absolute atomic E-state index is 13.0. The summed E-state index contributed by atoms with van der Waals surface area (Å²) in [5, 5.41) is 0.571. The van der Waals surface area contributed by atoms with E-state index < -0.39 is 0 Å². The summed E-state index contributed by atoms with van der Waals surface area (Å²) in [6.07, 6.45) is 6.50. The number of amides is 2. The van der Waals surface area contributed by atoms with Gasteiger partial charge in [0.1, 0.15) is 5.82 Å². The van der Waals surface area contributed by atoms with Crippen LogP contribution >= 0.6 is 0 Å². The third-order valence-electron chi connectivity index (χ3n) is 6.64. The average Bonchev–Trinajstić information content (AvgIpc) is 3.08. The molecule has 3 heterocycles. The first-order chi connectivity index (χ1) is 15.0. The van der Waals surface area contributed by atoms with Crippen molar-refractivity contribution in [3.63, 3.8) is 0 Å². The maximum atomic E-state index is 13.0. The van der Waals surface area contributed by atoms with Crippen molar-refractivity contribution in [2.45, 2.75) is 58.4 Å². The molecule has 1 atom stereocenters. The molecule has 2 amide bonds. The molecule has 2 aliphatic rings. The Kier molecular flexibility index (Phi) is 6.68. The minimum absolute atomic E-state index is 0.00725. The lowest BCUT2D eigenvalue weighted by molar-refractivity contribution is -0.141. The van der Waals surface area contributed by atoms with Crippen LogP contribution in [0.3, 0.4) is 0 Å². The highest BCUT2D eigenvalue weighted by atomic mass is 16.2. The summed E-state index contributed by atoms with van der Waals surface area (Å²) in [6, 6.07) is 7.29. The predicted molar refractivity (Wildman–Crippen MR) is 120 cm³/mol. The summed E-state index contributed by atoms with van der Waals surface area (Å²) in [7, 11) is 0. The topological polar surface area (TPSA) is 75.5 Å². The fourth-order valence-electron chi connectivity index (χ4n) is 4.86. The van der Waals surface area contributed by atoms with Gasteiger partial charge in [-0.15, -0.1) is 0 Å². The molecule has 2 aliphatic heterocycles. The van der Waals surface area contributed by atoms with E-state index in [0.29, 0.717) is 36.4 Å². The minimum Gasteiger partial charge on any atom is -0.342 e. The summed E-state index contributed by atoms with van der Waals surface area (Å²) < 4.78 is 1.59. The van der Waals surface area contributed by atoms with Gasteiger partial charge < -0.3 is 9.80 Å². The molecule has 0 N–H and O–H groups in total. The second-order valence-corrected chi connectivity index (χ2v) is 8.80. The average molecular weight is 425 g/mol. The van der Waals surface area contributed by atoms with E-state index >= 15 is 0 Å². The third kappa shape index (κ3) is 4.81. The summed E-state index contributed by atoms with van der Waals surface area (Å²) >= 11 is 0. The molecule has 4 rings (SSSR count). The smallest absolute Gasteiger partial charge is 0.261 e. The maximum Gasteiger partial charge on any atom is 0.261 e. The van der Waals surface area contributed by atoms with Gasteiger partial charge in [-0.25, -0.2) is 4.98 Å². The van der Waals surface area contributed by atoms with Gasteiger partial charge in [-0.2, -0.15) is 0 Å². The molecule has 0 radical (unpaired) electrons. The van der Waals surface area contributed by atoms with Crippen LogP contribution in [-0.2, 0) is 16.1 Å². The molecule has 2 aromatic rings. The van der Waals surface area contributed by atoms with Crippen molar-refractivity contribution < 1.29 is 9.59 Å². The molecular weight excluding hydrogens is 392 g/mol. The number of hydrogen-bond donors (Lipinski definition) is 0. The molecule has 7 heteroatoms. The fraction of sp³-hybridized carbons (Fsp3) is 0.583. The van der Waals surface area contributed by atoms with Gasteiger partial charge in [0.15, 0.2) is 0 Å². The number of fused-ring (bicyclic) bond motifs is 1. The van der Waals surface area contributed by atoms with Crippen LogP contribution in [0.1, 0.15) is 50.8 Å². The Morgan fingerprint density at radius 2 is 1.71 bits per heavy atom. The van der Waals surface area contributed by atoms with Crippen LogP contribution in [-0.4, -0.2) is 57.3 Å². The van der Waals surface area contributed by atoms with E-state index in [9.17, 15) is 14.4 Å². The SMILES string of the molecule is Cc1nc2ccccc2c(=O)n1CCC(=O)N1CCC[C@@H](C(=O)N2CCCCCC2)C1. The van der Waals surface area contributed by atoms with E-state index in [-0.39, 0.29) is 29.7 Å². The molecule has 31 heavy (non-hydrogen) atoms. The van der Waals surface area contributed by atoms with Crippen molar-refractivity contribution in [1.29, 1.82) is 0 Å². The zero-order chi connectivity index (χ0) is 21.8. The van der Waals surface area contributed by atoms with E-state index in [4.69, 9.17) is 0 Å². The standard InChI is InChI=1S/C24H32N4O3/c1-18-25-21-11-5-4-10-20(21)24(31)28(18)16-12-22(29)27-15-8-9-19(17-27)23(30)26-13-6-2-3-7-14-26/h4-5,10-11,19H,2-3,6-9,12-17H2,1H3/t19-/m1/s1. The predicted octanol–water partition coefficient (Wildman–Crippen LogP) is 2.74. The van der Waals surface area contributed by atoms with Crippen molar-refractivity contribution in [3.05, 3.63) is 40.4 Å². The lowest BCUT2D eigenvalue weighted by Crippen LogP contribution is -2.47. The zero-order valence-electron chi connectivity index (χ0n) is 18.4. The first-order valence-electron chi connectivity index (χ1n) is 11.6. The number of likely N-dealkylation sites (tertiary alicyclic amines) is 2. The Labute approximate surface area is 183 Å². The number of hydrogen-bond acceptors (Lipinski definition) is 4. The van der Waals surface area contributed by atoms with E-state index in [1.54, 1.807) is 17.6 Å².